The molecule has 0 bridgehead atoms. The van der Waals surface area contributed by atoms with Crippen LogP contribution in [0.25, 0.3) is 17.4 Å². The molecule has 6 nitrogen and oxygen atoms in total. The van der Waals surface area contributed by atoms with Gasteiger partial charge in [-0.25, -0.2) is 0 Å². The highest BCUT2D eigenvalue weighted by Gasteiger charge is 2.21. The average molecular weight is 457 g/mol. The molecule has 0 aliphatic heterocycles. The lowest BCUT2D eigenvalue weighted by molar-refractivity contribution is -0.131. The molecule has 0 saturated carbocycles. The number of hydrogen-bond acceptors (Lipinski definition) is 5. The van der Waals surface area contributed by atoms with E-state index in [9.17, 15) is 9.59 Å². The summed E-state index contributed by atoms with van der Waals surface area (Å²) in [6, 6.07) is 8.12. The van der Waals surface area contributed by atoms with E-state index in [1.165, 1.54) is 16.5 Å². The van der Waals surface area contributed by atoms with E-state index in [0.29, 0.717) is 28.0 Å². The first kappa shape index (κ1) is 24.8. The summed E-state index contributed by atoms with van der Waals surface area (Å²) in [5.41, 5.74) is 2.18. The zero-order chi connectivity index (χ0) is 22.0. The Morgan fingerprint density at radius 2 is 1.97 bits per heavy atom. The zero-order valence-corrected chi connectivity index (χ0v) is 18.5. The number of nitrogens with zero attached hydrogens (tertiary/aromatic N) is 1. The van der Waals surface area contributed by atoms with Gasteiger partial charge in [-0.1, -0.05) is 42.3 Å². The normalized spacial score (nSPS) is 11.7. The number of aldehydes is 1. The minimum atomic E-state index is -0.517. The van der Waals surface area contributed by atoms with Crippen LogP contribution in [0.5, 0.6) is 0 Å². The van der Waals surface area contributed by atoms with Crippen molar-refractivity contribution in [2.24, 2.45) is 0 Å². The van der Waals surface area contributed by atoms with Crippen molar-refractivity contribution in [3.05, 3.63) is 51.8 Å². The quantitative estimate of drug-likeness (QED) is 0.352. The van der Waals surface area contributed by atoms with Crippen LogP contribution in [-0.4, -0.2) is 47.9 Å². The minimum Gasteiger partial charge on any atom is -0.457 e. The van der Waals surface area contributed by atoms with E-state index in [-0.39, 0.29) is 11.6 Å². The Balaban J connectivity index is 0.00000204. The molecule has 1 aromatic heterocycles. The Bertz CT molecular complexity index is 883. The van der Waals surface area contributed by atoms with Gasteiger partial charge in [0.1, 0.15) is 23.5 Å². The van der Waals surface area contributed by atoms with Gasteiger partial charge in [-0.05, 0) is 36.8 Å². The minimum absolute atomic E-state index is 0.197. The van der Waals surface area contributed by atoms with Crippen LogP contribution in [-0.2, 0) is 9.59 Å². The molecule has 0 aliphatic carbocycles. The topological polar surface area (TPSA) is 82.8 Å². The predicted octanol–water partition coefficient (Wildman–Crippen LogP) is 4.19. The number of furan rings is 1. The Labute approximate surface area is 185 Å². The van der Waals surface area contributed by atoms with Crippen molar-refractivity contribution in [3.63, 3.8) is 0 Å². The van der Waals surface area contributed by atoms with Crippen LogP contribution >= 0.6 is 35.4 Å². The number of amides is 1. The molecule has 1 amide bonds. The zero-order valence-electron chi connectivity index (χ0n) is 16.2. The van der Waals surface area contributed by atoms with E-state index in [2.05, 4.69) is 5.32 Å². The Hall–Kier alpha value is -2.19. The number of carbonyl (C=O) groups excluding carboxylic acids is 2. The van der Waals surface area contributed by atoms with Crippen molar-refractivity contribution in [1.82, 2.24) is 10.2 Å². The predicted molar refractivity (Wildman–Crippen MR) is 120 cm³/mol. The van der Waals surface area contributed by atoms with Crippen molar-refractivity contribution in [1.29, 1.82) is 0 Å². The maximum Gasteiger partial charge on any atom is 0.270 e. The maximum absolute atomic E-state index is 12.7. The molecule has 1 aromatic carbocycles. The number of hydrogen-bond donors (Lipinski definition) is 2. The summed E-state index contributed by atoms with van der Waals surface area (Å²) >= 11 is 16.8. The van der Waals surface area contributed by atoms with Gasteiger partial charge in [0.25, 0.3) is 5.91 Å². The highest BCUT2D eigenvalue weighted by atomic mass is 35.5. The van der Waals surface area contributed by atoms with Crippen molar-refractivity contribution in [2.45, 2.75) is 19.4 Å². The lowest BCUT2D eigenvalue weighted by Gasteiger charge is -2.23. The number of likely N-dealkylation sites (N-methyl/N-ethyl adjacent to an activating group) is 1. The molecule has 1 unspecified atom stereocenters. The lowest BCUT2D eigenvalue weighted by atomic mass is 10.2. The largest absolute Gasteiger partial charge is 0.457 e. The average Bonchev–Trinajstić information content (AvgIpc) is 3.20. The maximum atomic E-state index is 12.7. The van der Waals surface area contributed by atoms with E-state index >= 15 is 0 Å². The van der Waals surface area contributed by atoms with Crippen LogP contribution in [0.4, 0.5) is 0 Å². The third-order valence-electron chi connectivity index (χ3n) is 3.96. The van der Waals surface area contributed by atoms with Gasteiger partial charge in [-0.2, -0.15) is 0 Å². The van der Waals surface area contributed by atoms with E-state index in [4.69, 9.17) is 44.9 Å². The van der Waals surface area contributed by atoms with Crippen LogP contribution in [0.1, 0.15) is 19.1 Å². The molecule has 1 atom stereocenters. The van der Waals surface area contributed by atoms with Crippen molar-refractivity contribution in [2.75, 3.05) is 14.2 Å². The van der Waals surface area contributed by atoms with Gasteiger partial charge in [-0.15, -0.1) is 0 Å². The lowest BCUT2D eigenvalue weighted by Crippen LogP contribution is -2.41. The molecule has 0 saturated heterocycles. The van der Waals surface area contributed by atoms with Gasteiger partial charge in [0.15, 0.2) is 0 Å². The van der Waals surface area contributed by atoms with Gasteiger partial charge in [-0.3, -0.25) is 4.79 Å². The van der Waals surface area contributed by atoms with Gasteiger partial charge in [0, 0.05) is 25.8 Å². The summed E-state index contributed by atoms with van der Waals surface area (Å²) in [4.78, 5) is 25.1. The fraction of sp³-hybridized carbons (Fsp3) is 0.250. The van der Waals surface area contributed by atoms with Crippen LogP contribution in [0, 0.1) is 0 Å². The molecular formula is C20H22Cl2N2O4S. The molecular weight excluding hydrogens is 435 g/mol. The Kier molecular flexibility index (Phi) is 10.6. The monoisotopic (exact) mass is 456 g/mol. The Morgan fingerprint density at radius 3 is 2.52 bits per heavy atom. The summed E-state index contributed by atoms with van der Waals surface area (Å²) in [6.45, 7) is 1.83. The fourth-order valence-electron chi connectivity index (χ4n) is 2.41. The molecule has 2 rings (SSSR count). The standard InChI is InChI=1S/C19H18Cl2N2O3S.CH4O/c1-3-13(10-24)23(2)19(25)17(22-11-27)9-14-5-7-18(26-14)12-4-6-15(20)16(21)8-12;1-2/h4-11,13H,3H2,1-2H3,(H,22,27);2H,1H3/b17-9+;. The van der Waals surface area contributed by atoms with E-state index in [1.54, 1.807) is 37.4 Å². The third-order valence-corrected chi connectivity index (χ3v) is 4.81. The molecule has 0 spiro atoms. The summed E-state index contributed by atoms with van der Waals surface area (Å²) < 4.78 is 5.78. The summed E-state index contributed by atoms with van der Waals surface area (Å²) in [7, 11) is 2.56. The second-order valence-electron chi connectivity index (χ2n) is 5.68. The number of benzene rings is 1. The SMILES string of the molecule is CCC(C=O)N(C)C(=O)/C(=C\c1ccc(-c2ccc(Cl)c(Cl)c2)o1)NC=S.CO. The summed E-state index contributed by atoms with van der Waals surface area (Å²) in [5, 5.41) is 10.6. The number of carbonyl (C=O) groups is 2. The molecule has 0 radical (unpaired) electrons. The summed E-state index contributed by atoms with van der Waals surface area (Å²) in [5.74, 6) is 0.639. The van der Waals surface area contributed by atoms with E-state index in [1.807, 2.05) is 6.92 Å². The van der Waals surface area contributed by atoms with Crippen molar-refractivity contribution >= 4 is 59.2 Å². The smallest absolute Gasteiger partial charge is 0.270 e. The number of halogens is 2. The molecule has 2 N–H and O–H groups in total. The molecule has 156 valence electrons. The molecule has 0 aliphatic rings. The van der Waals surface area contributed by atoms with Crippen LogP contribution in [0.15, 0.2) is 40.4 Å². The molecule has 0 fully saturated rings. The number of aliphatic hydroxyl groups excluding tert-OH is 1. The fourth-order valence-corrected chi connectivity index (χ4v) is 2.83. The van der Waals surface area contributed by atoms with E-state index in [0.717, 1.165) is 19.0 Å². The number of aliphatic hydroxyl groups is 1. The van der Waals surface area contributed by atoms with Crippen molar-refractivity contribution < 1.29 is 19.1 Å². The number of rotatable bonds is 8. The summed E-state index contributed by atoms with van der Waals surface area (Å²) in [6.07, 6.45) is 2.78. The van der Waals surface area contributed by atoms with Gasteiger partial charge in [0.05, 0.1) is 21.6 Å². The first-order chi connectivity index (χ1) is 13.9. The Morgan fingerprint density at radius 1 is 1.28 bits per heavy atom. The van der Waals surface area contributed by atoms with Crippen molar-refractivity contribution in [3.8, 4) is 11.3 Å². The molecule has 9 heteroatoms. The second-order valence-corrected chi connectivity index (χ2v) is 6.73. The first-order valence-corrected chi connectivity index (χ1v) is 9.78. The first-order valence-electron chi connectivity index (χ1n) is 8.55. The van der Waals surface area contributed by atoms with Crippen LogP contribution < -0.4 is 5.32 Å². The highest BCUT2D eigenvalue weighted by Crippen LogP contribution is 2.30. The molecule has 2 aromatic rings. The molecule has 1 heterocycles. The third kappa shape index (κ3) is 6.68. The van der Waals surface area contributed by atoms with Gasteiger partial charge in [0.2, 0.25) is 0 Å². The van der Waals surface area contributed by atoms with Crippen LogP contribution in [0.2, 0.25) is 10.0 Å². The van der Waals surface area contributed by atoms with E-state index < -0.39 is 6.04 Å². The second kappa shape index (κ2) is 12.4. The number of thiocarbonyl (C=S) groups is 1. The highest BCUT2D eigenvalue weighted by molar-refractivity contribution is 7.78. The number of nitrogens with one attached hydrogen (secondary N) is 1. The van der Waals surface area contributed by atoms with Gasteiger partial charge >= 0.3 is 0 Å². The molecule has 29 heavy (non-hydrogen) atoms. The van der Waals surface area contributed by atoms with Crippen LogP contribution in [0.3, 0.4) is 0 Å². The van der Waals surface area contributed by atoms with Gasteiger partial charge < -0.3 is 24.5 Å².